The van der Waals surface area contributed by atoms with E-state index < -0.39 is 0 Å². The largest absolute Gasteiger partial charge is 0.508 e. The molecule has 1 aromatic carbocycles. The zero-order chi connectivity index (χ0) is 9.14. The first-order chi connectivity index (χ1) is 5.59. The van der Waals surface area contributed by atoms with E-state index in [1.807, 2.05) is 19.1 Å². The van der Waals surface area contributed by atoms with Gasteiger partial charge in [0.15, 0.2) is 0 Å². The van der Waals surface area contributed by atoms with Crippen LogP contribution in [0.4, 0.5) is 0 Å². The van der Waals surface area contributed by atoms with Crippen molar-refractivity contribution in [1.82, 2.24) is 0 Å². The van der Waals surface area contributed by atoms with Crippen molar-refractivity contribution < 1.29 is 10.2 Å². The molecule has 0 aromatic heterocycles. The Morgan fingerprint density at radius 1 is 1.42 bits per heavy atom. The fourth-order valence-corrected chi connectivity index (χ4v) is 1.12. The Bertz CT molecular complexity index is 267. The minimum absolute atomic E-state index is 0.299. The molecule has 0 heterocycles. The summed E-state index contributed by atoms with van der Waals surface area (Å²) in [6.45, 7) is 3.58. The van der Waals surface area contributed by atoms with Gasteiger partial charge in [-0.15, -0.1) is 0 Å². The molecule has 2 heteroatoms. The highest BCUT2D eigenvalue weighted by molar-refractivity contribution is 5.35. The van der Waals surface area contributed by atoms with Crippen LogP contribution in [0.3, 0.4) is 0 Å². The lowest BCUT2D eigenvalue weighted by Crippen LogP contribution is -2.03. The Balaban J connectivity index is 2.82. The number of aromatic hydroxyl groups is 1. The molecule has 0 amide bonds. The first-order valence-corrected chi connectivity index (χ1v) is 4.06. The lowest BCUT2D eigenvalue weighted by atomic mass is 10.1. The average Bonchev–Trinajstić information content (AvgIpc) is 1.96. The van der Waals surface area contributed by atoms with Crippen LogP contribution in [0.25, 0.3) is 0 Å². The molecule has 0 aliphatic carbocycles. The van der Waals surface area contributed by atoms with Crippen LogP contribution in [-0.2, 0) is 6.42 Å². The summed E-state index contributed by atoms with van der Waals surface area (Å²) in [6.07, 6.45) is 0.237. The van der Waals surface area contributed by atoms with Crippen LogP contribution in [0.15, 0.2) is 18.2 Å². The number of hydrogen-bond donors (Lipinski definition) is 2. The molecule has 0 bridgehead atoms. The van der Waals surface area contributed by atoms with Gasteiger partial charge in [0.1, 0.15) is 5.75 Å². The van der Waals surface area contributed by atoms with Gasteiger partial charge >= 0.3 is 0 Å². The van der Waals surface area contributed by atoms with Crippen molar-refractivity contribution in [2.75, 3.05) is 0 Å². The third kappa shape index (κ3) is 2.24. The zero-order valence-corrected chi connectivity index (χ0v) is 7.41. The van der Waals surface area contributed by atoms with Crippen molar-refractivity contribution in [3.63, 3.8) is 0 Å². The molecule has 0 saturated carbocycles. The highest BCUT2D eigenvalue weighted by Gasteiger charge is 2.01. The minimum Gasteiger partial charge on any atom is -0.508 e. The summed E-state index contributed by atoms with van der Waals surface area (Å²) < 4.78 is 0. The van der Waals surface area contributed by atoms with Crippen LogP contribution >= 0.6 is 0 Å². The Kier molecular flexibility index (Phi) is 2.71. The summed E-state index contributed by atoms with van der Waals surface area (Å²) in [5, 5.41) is 18.4. The molecule has 0 unspecified atom stereocenters. The van der Waals surface area contributed by atoms with Gasteiger partial charge in [0.25, 0.3) is 0 Å². The molecule has 66 valence electrons. The molecule has 0 saturated heterocycles. The number of aliphatic hydroxyl groups is 1. The maximum Gasteiger partial charge on any atom is 0.118 e. The molecule has 1 rings (SSSR count). The van der Waals surface area contributed by atoms with Gasteiger partial charge in [0, 0.05) is 0 Å². The fraction of sp³-hybridized carbons (Fsp3) is 0.400. The zero-order valence-electron chi connectivity index (χ0n) is 7.41. The van der Waals surface area contributed by atoms with Gasteiger partial charge in [-0.3, -0.25) is 0 Å². The SMILES string of the molecule is Cc1ccc(C[C@H](C)O)cc1O. The lowest BCUT2D eigenvalue weighted by Gasteiger charge is -2.05. The first kappa shape index (κ1) is 9.07. The maximum absolute atomic E-state index is 9.33. The van der Waals surface area contributed by atoms with E-state index in [9.17, 15) is 5.11 Å². The fourth-order valence-electron chi connectivity index (χ4n) is 1.12. The van der Waals surface area contributed by atoms with Gasteiger partial charge in [0.2, 0.25) is 0 Å². The van der Waals surface area contributed by atoms with Crippen molar-refractivity contribution in [1.29, 1.82) is 0 Å². The third-order valence-electron chi connectivity index (χ3n) is 1.80. The van der Waals surface area contributed by atoms with Gasteiger partial charge in [-0.05, 0) is 37.5 Å². The normalized spacial score (nSPS) is 12.9. The van der Waals surface area contributed by atoms with Crippen LogP contribution in [0.1, 0.15) is 18.1 Å². The molecule has 2 N–H and O–H groups in total. The second kappa shape index (κ2) is 3.59. The minimum atomic E-state index is -0.355. The van der Waals surface area contributed by atoms with Gasteiger partial charge in [-0.2, -0.15) is 0 Å². The van der Waals surface area contributed by atoms with E-state index in [0.29, 0.717) is 12.2 Å². The van der Waals surface area contributed by atoms with Crippen LogP contribution < -0.4 is 0 Å². The van der Waals surface area contributed by atoms with Crippen LogP contribution in [-0.4, -0.2) is 16.3 Å². The first-order valence-electron chi connectivity index (χ1n) is 4.06. The van der Waals surface area contributed by atoms with Crippen LogP contribution in [0.5, 0.6) is 5.75 Å². The second-order valence-electron chi connectivity index (χ2n) is 3.17. The molecule has 0 fully saturated rings. The average molecular weight is 166 g/mol. The molecular formula is C10H14O2. The molecule has 1 aromatic rings. The van der Waals surface area contributed by atoms with Crippen molar-refractivity contribution in [2.45, 2.75) is 26.4 Å². The van der Waals surface area contributed by atoms with E-state index in [4.69, 9.17) is 5.11 Å². The van der Waals surface area contributed by atoms with Crippen LogP contribution in [0, 0.1) is 6.92 Å². The summed E-state index contributed by atoms with van der Waals surface area (Å²) in [4.78, 5) is 0. The molecule has 2 nitrogen and oxygen atoms in total. The number of aliphatic hydroxyl groups excluding tert-OH is 1. The summed E-state index contributed by atoms with van der Waals surface area (Å²) >= 11 is 0. The Hall–Kier alpha value is -1.02. The molecule has 0 radical (unpaired) electrons. The van der Waals surface area contributed by atoms with E-state index in [2.05, 4.69) is 0 Å². The highest BCUT2D eigenvalue weighted by atomic mass is 16.3. The van der Waals surface area contributed by atoms with Crippen LogP contribution in [0.2, 0.25) is 0 Å². The number of hydrogen-bond acceptors (Lipinski definition) is 2. The summed E-state index contributed by atoms with van der Waals surface area (Å²) in [6, 6.07) is 5.47. The number of rotatable bonds is 2. The van der Waals surface area contributed by atoms with E-state index in [-0.39, 0.29) is 6.10 Å². The highest BCUT2D eigenvalue weighted by Crippen LogP contribution is 2.18. The maximum atomic E-state index is 9.33. The van der Waals surface area contributed by atoms with Gasteiger partial charge < -0.3 is 10.2 Å². The standard InChI is InChI=1S/C10H14O2/c1-7-3-4-9(5-8(2)11)6-10(7)12/h3-4,6,8,11-12H,5H2,1-2H3/t8-/m0/s1. The van der Waals surface area contributed by atoms with Gasteiger partial charge in [0.05, 0.1) is 6.10 Å². The Morgan fingerprint density at radius 2 is 2.08 bits per heavy atom. The predicted octanol–water partition coefficient (Wildman–Crippen LogP) is 1.62. The summed E-state index contributed by atoms with van der Waals surface area (Å²) in [5.74, 6) is 0.299. The summed E-state index contributed by atoms with van der Waals surface area (Å²) in [7, 11) is 0. The van der Waals surface area contributed by atoms with E-state index in [1.165, 1.54) is 0 Å². The lowest BCUT2D eigenvalue weighted by molar-refractivity contribution is 0.195. The van der Waals surface area contributed by atoms with Gasteiger partial charge in [-0.1, -0.05) is 12.1 Å². The van der Waals surface area contributed by atoms with E-state index in [1.54, 1.807) is 13.0 Å². The number of aryl methyl sites for hydroxylation is 1. The molecule has 0 aliphatic rings. The molecular weight excluding hydrogens is 152 g/mol. The van der Waals surface area contributed by atoms with Crippen molar-refractivity contribution in [2.24, 2.45) is 0 Å². The quantitative estimate of drug-likeness (QED) is 0.701. The van der Waals surface area contributed by atoms with Crippen molar-refractivity contribution >= 4 is 0 Å². The third-order valence-corrected chi connectivity index (χ3v) is 1.80. The Morgan fingerprint density at radius 3 is 2.58 bits per heavy atom. The van der Waals surface area contributed by atoms with Gasteiger partial charge in [-0.25, -0.2) is 0 Å². The van der Waals surface area contributed by atoms with E-state index in [0.717, 1.165) is 11.1 Å². The van der Waals surface area contributed by atoms with Crippen molar-refractivity contribution in [3.8, 4) is 5.75 Å². The molecule has 0 aliphatic heterocycles. The smallest absolute Gasteiger partial charge is 0.118 e. The number of phenolic OH excluding ortho intramolecular Hbond substituents is 1. The molecule has 12 heavy (non-hydrogen) atoms. The monoisotopic (exact) mass is 166 g/mol. The second-order valence-corrected chi connectivity index (χ2v) is 3.17. The Labute approximate surface area is 72.5 Å². The number of phenols is 1. The molecule has 1 atom stereocenters. The number of benzene rings is 1. The van der Waals surface area contributed by atoms with Crippen molar-refractivity contribution in [3.05, 3.63) is 29.3 Å². The predicted molar refractivity (Wildman–Crippen MR) is 48.2 cm³/mol. The molecule has 0 spiro atoms. The van der Waals surface area contributed by atoms with E-state index >= 15 is 0 Å². The summed E-state index contributed by atoms with van der Waals surface area (Å²) in [5.41, 5.74) is 1.83. The topological polar surface area (TPSA) is 40.5 Å².